The minimum atomic E-state index is -4.57. The van der Waals surface area contributed by atoms with Crippen LogP contribution in [-0.4, -0.2) is 47.8 Å². The zero-order valence-corrected chi connectivity index (χ0v) is 17.7. The molecule has 2 heterocycles. The largest absolute Gasteiger partial charge is 0.444 e. The fourth-order valence-corrected chi connectivity index (χ4v) is 3.36. The maximum atomic E-state index is 13.8. The van der Waals surface area contributed by atoms with Gasteiger partial charge in [0.2, 0.25) is 0 Å². The Kier molecular flexibility index (Phi) is 6.17. The first-order valence-electron chi connectivity index (χ1n) is 9.50. The van der Waals surface area contributed by atoms with Gasteiger partial charge in [0.1, 0.15) is 11.4 Å². The molecule has 0 atom stereocenters. The molecule has 1 saturated heterocycles. The number of hydrogen-bond donors (Lipinski definition) is 0. The molecule has 1 amide bonds. The lowest BCUT2D eigenvalue weighted by Gasteiger charge is -2.37. The summed E-state index contributed by atoms with van der Waals surface area (Å²) >= 11 is 5.96. The van der Waals surface area contributed by atoms with Crippen LogP contribution in [0.15, 0.2) is 36.5 Å². The van der Waals surface area contributed by atoms with Gasteiger partial charge in [-0.05, 0) is 44.5 Å². The van der Waals surface area contributed by atoms with Crippen LogP contribution >= 0.6 is 11.6 Å². The van der Waals surface area contributed by atoms with Gasteiger partial charge in [-0.25, -0.2) is 9.78 Å². The predicted molar refractivity (Wildman–Crippen MR) is 110 cm³/mol. The molecule has 0 aliphatic carbocycles. The normalized spacial score (nSPS) is 15.3. The average Bonchev–Trinajstić information content (AvgIpc) is 2.66. The Morgan fingerprint density at radius 3 is 2.30 bits per heavy atom. The average molecular weight is 442 g/mol. The number of amides is 1. The number of carbonyl (C=O) groups excluding carboxylic acids is 1. The standard InChI is InChI=1S/C21H23ClF3N3O2/c1-20(2,3)30-19(29)28-9-7-27(8-10-28)18-17(21(23,24)25)12-15(13-26-18)14-5-4-6-16(22)11-14/h4-6,11-13H,7-10H2,1-3H3. The molecule has 2 aromatic rings. The summed E-state index contributed by atoms with van der Waals surface area (Å²) in [6.07, 6.45) is -3.63. The van der Waals surface area contributed by atoms with E-state index in [4.69, 9.17) is 16.3 Å². The SMILES string of the molecule is CC(C)(C)OC(=O)N1CCN(c2ncc(-c3cccc(Cl)c3)cc2C(F)(F)F)CC1. The molecule has 5 nitrogen and oxygen atoms in total. The van der Waals surface area contributed by atoms with E-state index in [0.717, 1.165) is 6.07 Å². The van der Waals surface area contributed by atoms with Crippen LogP contribution in [0.1, 0.15) is 26.3 Å². The molecule has 0 unspecified atom stereocenters. The Morgan fingerprint density at radius 2 is 1.73 bits per heavy atom. The van der Waals surface area contributed by atoms with Crippen LogP contribution < -0.4 is 4.90 Å². The second-order valence-electron chi connectivity index (χ2n) is 8.06. The summed E-state index contributed by atoms with van der Waals surface area (Å²) in [5.74, 6) is -0.142. The van der Waals surface area contributed by atoms with Gasteiger partial charge in [-0.1, -0.05) is 23.7 Å². The van der Waals surface area contributed by atoms with Gasteiger partial charge < -0.3 is 14.5 Å². The number of benzene rings is 1. The van der Waals surface area contributed by atoms with Gasteiger partial charge in [0, 0.05) is 43.0 Å². The summed E-state index contributed by atoms with van der Waals surface area (Å²) in [5, 5.41) is 0.434. The second kappa shape index (κ2) is 8.34. The van der Waals surface area contributed by atoms with Crippen molar-refractivity contribution in [3.8, 4) is 11.1 Å². The molecule has 0 bridgehead atoms. The maximum Gasteiger partial charge on any atom is 0.419 e. The molecule has 1 aliphatic heterocycles. The number of carbonyl (C=O) groups is 1. The van der Waals surface area contributed by atoms with Crippen LogP contribution in [0.5, 0.6) is 0 Å². The zero-order valence-electron chi connectivity index (χ0n) is 17.0. The number of nitrogens with zero attached hydrogens (tertiary/aromatic N) is 3. The number of anilines is 1. The Hall–Kier alpha value is -2.48. The van der Waals surface area contributed by atoms with Crippen molar-refractivity contribution in [2.45, 2.75) is 32.5 Å². The van der Waals surface area contributed by atoms with Crippen molar-refractivity contribution in [3.05, 3.63) is 47.1 Å². The number of ether oxygens (including phenoxy) is 1. The van der Waals surface area contributed by atoms with Gasteiger partial charge in [-0.3, -0.25) is 0 Å². The molecular formula is C21H23ClF3N3O2. The van der Waals surface area contributed by atoms with Gasteiger partial charge in [-0.2, -0.15) is 13.2 Å². The first kappa shape index (κ1) is 22.2. The number of hydrogen-bond acceptors (Lipinski definition) is 4. The van der Waals surface area contributed by atoms with Crippen LogP contribution in [0.4, 0.5) is 23.8 Å². The zero-order chi connectivity index (χ0) is 22.1. The molecule has 1 fully saturated rings. The predicted octanol–water partition coefficient (Wildman–Crippen LogP) is 5.48. The maximum absolute atomic E-state index is 13.8. The van der Waals surface area contributed by atoms with Gasteiger partial charge in [0.25, 0.3) is 0 Å². The highest BCUT2D eigenvalue weighted by Gasteiger charge is 2.37. The van der Waals surface area contributed by atoms with Gasteiger partial charge in [0.05, 0.1) is 5.56 Å². The van der Waals surface area contributed by atoms with Crippen LogP contribution in [0.25, 0.3) is 11.1 Å². The minimum Gasteiger partial charge on any atom is -0.444 e. The van der Waals surface area contributed by atoms with E-state index in [-0.39, 0.29) is 32.0 Å². The third-order valence-electron chi connectivity index (χ3n) is 4.56. The van der Waals surface area contributed by atoms with E-state index in [0.29, 0.717) is 16.1 Å². The fourth-order valence-electron chi connectivity index (χ4n) is 3.17. The van der Waals surface area contributed by atoms with Crippen LogP contribution in [0, 0.1) is 0 Å². The Morgan fingerprint density at radius 1 is 1.07 bits per heavy atom. The van der Waals surface area contributed by atoms with Crippen LogP contribution in [-0.2, 0) is 10.9 Å². The second-order valence-corrected chi connectivity index (χ2v) is 8.49. The lowest BCUT2D eigenvalue weighted by Crippen LogP contribution is -2.50. The molecule has 9 heteroatoms. The van der Waals surface area contributed by atoms with Crippen molar-refractivity contribution >= 4 is 23.5 Å². The van der Waals surface area contributed by atoms with Crippen molar-refractivity contribution in [2.24, 2.45) is 0 Å². The number of pyridine rings is 1. The molecule has 0 radical (unpaired) electrons. The number of halogens is 4. The van der Waals surface area contributed by atoms with E-state index in [9.17, 15) is 18.0 Å². The topological polar surface area (TPSA) is 45.7 Å². The number of rotatable bonds is 2. The van der Waals surface area contributed by atoms with Crippen LogP contribution in [0.3, 0.4) is 0 Å². The lowest BCUT2D eigenvalue weighted by atomic mass is 10.0. The summed E-state index contributed by atoms with van der Waals surface area (Å²) in [5.41, 5.74) is -0.552. The molecule has 0 spiro atoms. The van der Waals surface area contributed by atoms with Crippen molar-refractivity contribution in [3.63, 3.8) is 0 Å². The van der Waals surface area contributed by atoms with E-state index < -0.39 is 23.4 Å². The highest BCUT2D eigenvalue weighted by atomic mass is 35.5. The lowest BCUT2D eigenvalue weighted by molar-refractivity contribution is -0.137. The third kappa shape index (κ3) is 5.36. The highest BCUT2D eigenvalue weighted by Crippen LogP contribution is 2.38. The summed E-state index contributed by atoms with van der Waals surface area (Å²) < 4.78 is 46.7. The monoisotopic (exact) mass is 441 g/mol. The highest BCUT2D eigenvalue weighted by molar-refractivity contribution is 6.30. The molecule has 1 aliphatic rings. The molecule has 162 valence electrons. The van der Waals surface area contributed by atoms with E-state index >= 15 is 0 Å². The van der Waals surface area contributed by atoms with E-state index in [1.165, 1.54) is 11.1 Å². The van der Waals surface area contributed by atoms with Gasteiger partial charge in [-0.15, -0.1) is 0 Å². The number of alkyl halides is 3. The summed E-state index contributed by atoms with van der Waals surface area (Å²) in [7, 11) is 0. The fraction of sp³-hybridized carbons (Fsp3) is 0.429. The quantitative estimate of drug-likeness (QED) is 0.619. The van der Waals surface area contributed by atoms with Gasteiger partial charge in [0.15, 0.2) is 0 Å². The van der Waals surface area contributed by atoms with Crippen molar-refractivity contribution in [1.82, 2.24) is 9.88 Å². The molecule has 30 heavy (non-hydrogen) atoms. The van der Waals surface area contributed by atoms with Crippen molar-refractivity contribution in [2.75, 3.05) is 31.1 Å². The van der Waals surface area contributed by atoms with E-state index in [1.54, 1.807) is 49.9 Å². The van der Waals surface area contributed by atoms with E-state index in [1.807, 2.05) is 0 Å². The first-order chi connectivity index (χ1) is 13.9. The summed E-state index contributed by atoms with van der Waals surface area (Å²) in [6, 6.07) is 7.70. The first-order valence-corrected chi connectivity index (χ1v) is 9.88. The Bertz CT molecular complexity index is 920. The molecule has 1 aromatic heterocycles. The number of aromatic nitrogens is 1. The Balaban J connectivity index is 1.82. The molecular weight excluding hydrogens is 419 g/mol. The molecule has 1 aromatic carbocycles. The van der Waals surface area contributed by atoms with E-state index in [2.05, 4.69) is 4.98 Å². The van der Waals surface area contributed by atoms with Crippen molar-refractivity contribution in [1.29, 1.82) is 0 Å². The Labute approximate surface area is 178 Å². The van der Waals surface area contributed by atoms with Gasteiger partial charge >= 0.3 is 12.3 Å². The minimum absolute atomic E-state index is 0.142. The number of piperazine rings is 1. The third-order valence-corrected chi connectivity index (χ3v) is 4.80. The summed E-state index contributed by atoms with van der Waals surface area (Å²) in [4.78, 5) is 19.4. The summed E-state index contributed by atoms with van der Waals surface area (Å²) in [6.45, 7) is 6.26. The van der Waals surface area contributed by atoms with Crippen LogP contribution in [0.2, 0.25) is 5.02 Å². The molecule has 0 saturated carbocycles. The molecule has 0 N–H and O–H groups in total. The molecule has 3 rings (SSSR count). The van der Waals surface area contributed by atoms with Crippen molar-refractivity contribution < 1.29 is 22.7 Å². The smallest absolute Gasteiger partial charge is 0.419 e.